The Morgan fingerprint density at radius 3 is 2.44 bits per heavy atom. The Balaban J connectivity index is 2.32. The van der Waals surface area contributed by atoms with Gasteiger partial charge in [0.25, 0.3) is 0 Å². The molecule has 0 radical (unpaired) electrons. The van der Waals surface area contributed by atoms with Gasteiger partial charge in [-0.05, 0) is 32.6 Å². The number of hydrogen-bond donors (Lipinski definition) is 1. The van der Waals surface area contributed by atoms with Gasteiger partial charge in [-0.2, -0.15) is 0 Å². The number of nitrogens with one attached hydrogen (secondary N) is 1. The zero-order chi connectivity index (χ0) is 13.4. The molecule has 1 N–H and O–H groups in total. The predicted molar refractivity (Wildman–Crippen MR) is 69.1 cm³/mol. The van der Waals surface area contributed by atoms with Gasteiger partial charge in [-0.15, -0.1) is 0 Å². The van der Waals surface area contributed by atoms with Crippen LogP contribution in [0, 0.1) is 0 Å². The fourth-order valence-corrected chi connectivity index (χ4v) is 2.10. The van der Waals surface area contributed by atoms with Crippen LogP contribution < -0.4 is 5.32 Å². The first-order valence-corrected chi connectivity index (χ1v) is 6.86. The first-order chi connectivity index (χ1) is 8.69. The standard InChI is InChI=1S/C13H24N2O3/c1-3-11(13(17)18-4-2)14-10-12(16)15-8-6-5-7-9-15/h11,14H,3-10H2,1-2H3. The molecule has 1 aliphatic rings. The maximum Gasteiger partial charge on any atom is 0.323 e. The summed E-state index contributed by atoms with van der Waals surface area (Å²) >= 11 is 0. The lowest BCUT2D eigenvalue weighted by molar-refractivity contribution is -0.145. The monoisotopic (exact) mass is 256 g/mol. The molecule has 1 amide bonds. The highest BCUT2D eigenvalue weighted by molar-refractivity contribution is 5.80. The molecular weight excluding hydrogens is 232 g/mol. The van der Waals surface area contributed by atoms with E-state index in [2.05, 4.69) is 5.32 Å². The molecule has 104 valence electrons. The molecule has 5 nitrogen and oxygen atoms in total. The maximum absolute atomic E-state index is 11.9. The van der Waals surface area contributed by atoms with E-state index in [0.29, 0.717) is 13.0 Å². The molecule has 1 atom stereocenters. The molecule has 18 heavy (non-hydrogen) atoms. The van der Waals surface area contributed by atoms with Gasteiger partial charge in [-0.3, -0.25) is 14.9 Å². The third-order valence-corrected chi connectivity index (χ3v) is 3.19. The zero-order valence-electron chi connectivity index (χ0n) is 11.4. The second-order valence-corrected chi connectivity index (χ2v) is 4.54. The van der Waals surface area contributed by atoms with Crippen LogP contribution in [0.5, 0.6) is 0 Å². The smallest absolute Gasteiger partial charge is 0.323 e. The van der Waals surface area contributed by atoms with Gasteiger partial charge in [-0.1, -0.05) is 6.92 Å². The van der Waals surface area contributed by atoms with Crippen molar-refractivity contribution in [2.24, 2.45) is 0 Å². The van der Waals surface area contributed by atoms with Crippen LogP contribution in [-0.2, 0) is 14.3 Å². The van der Waals surface area contributed by atoms with E-state index in [0.717, 1.165) is 25.9 Å². The summed E-state index contributed by atoms with van der Waals surface area (Å²) in [6, 6.07) is -0.376. The molecule has 1 heterocycles. The normalized spacial score (nSPS) is 17.3. The number of carbonyl (C=O) groups excluding carboxylic acids is 2. The Hall–Kier alpha value is -1.10. The van der Waals surface area contributed by atoms with E-state index in [1.54, 1.807) is 6.92 Å². The zero-order valence-corrected chi connectivity index (χ0v) is 11.4. The molecule has 0 aromatic rings. The number of amides is 1. The van der Waals surface area contributed by atoms with Gasteiger partial charge in [0.2, 0.25) is 5.91 Å². The molecule has 0 aromatic heterocycles. The van der Waals surface area contributed by atoms with Crippen LogP contribution in [-0.4, -0.2) is 49.1 Å². The third-order valence-electron chi connectivity index (χ3n) is 3.19. The number of likely N-dealkylation sites (tertiary alicyclic amines) is 1. The van der Waals surface area contributed by atoms with Crippen LogP contribution >= 0.6 is 0 Å². The average Bonchev–Trinajstić information content (AvgIpc) is 2.40. The summed E-state index contributed by atoms with van der Waals surface area (Å²) in [7, 11) is 0. The highest BCUT2D eigenvalue weighted by Gasteiger charge is 2.21. The Labute approximate surface area is 109 Å². The molecule has 0 spiro atoms. The van der Waals surface area contributed by atoms with E-state index in [4.69, 9.17) is 4.74 Å². The minimum atomic E-state index is -0.376. The van der Waals surface area contributed by atoms with Crippen LogP contribution in [0.15, 0.2) is 0 Å². The predicted octanol–water partition coefficient (Wildman–Crippen LogP) is 0.930. The van der Waals surface area contributed by atoms with Gasteiger partial charge in [0, 0.05) is 13.1 Å². The van der Waals surface area contributed by atoms with Crippen molar-refractivity contribution in [3.8, 4) is 0 Å². The van der Waals surface area contributed by atoms with Crippen LogP contribution in [0.4, 0.5) is 0 Å². The topological polar surface area (TPSA) is 58.6 Å². The maximum atomic E-state index is 11.9. The Bertz CT molecular complexity index is 275. The molecule has 0 bridgehead atoms. The summed E-state index contributed by atoms with van der Waals surface area (Å²) < 4.78 is 4.95. The van der Waals surface area contributed by atoms with Gasteiger partial charge in [0.15, 0.2) is 0 Å². The number of ether oxygens (including phenoxy) is 1. The summed E-state index contributed by atoms with van der Waals surface area (Å²) in [4.78, 5) is 25.3. The van der Waals surface area contributed by atoms with Gasteiger partial charge >= 0.3 is 5.97 Å². The lowest BCUT2D eigenvalue weighted by atomic mass is 10.1. The molecule has 0 aromatic carbocycles. The van der Waals surface area contributed by atoms with Crippen molar-refractivity contribution in [2.75, 3.05) is 26.2 Å². The molecular formula is C13H24N2O3. The number of esters is 1. The molecule has 1 rings (SSSR count). The average molecular weight is 256 g/mol. The van der Waals surface area contributed by atoms with E-state index in [1.807, 2.05) is 11.8 Å². The van der Waals surface area contributed by atoms with Crippen LogP contribution in [0.2, 0.25) is 0 Å². The lowest BCUT2D eigenvalue weighted by Crippen LogP contribution is -2.46. The van der Waals surface area contributed by atoms with Crippen molar-refractivity contribution in [3.05, 3.63) is 0 Å². The van der Waals surface area contributed by atoms with Crippen LogP contribution in [0.3, 0.4) is 0 Å². The summed E-state index contributed by atoms with van der Waals surface area (Å²) in [6.45, 7) is 5.96. The quantitative estimate of drug-likeness (QED) is 0.718. The fraction of sp³-hybridized carbons (Fsp3) is 0.846. The molecule has 1 fully saturated rings. The summed E-state index contributed by atoms with van der Waals surface area (Å²) in [6.07, 6.45) is 4.01. The highest BCUT2D eigenvalue weighted by atomic mass is 16.5. The molecule has 0 saturated carbocycles. The van der Waals surface area contributed by atoms with E-state index in [9.17, 15) is 9.59 Å². The number of nitrogens with zero attached hydrogens (tertiary/aromatic N) is 1. The van der Waals surface area contributed by atoms with Crippen molar-refractivity contribution in [1.82, 2.24) is 10.2 Å². The Kier molecular flexibility index (Phi) is 6.72. The Morgan fingerprint density at radius 2 is 1.89 bits per heavy atom. The van der Waals surface area contributed by atoms with Gasteiger partial charge in [0.05, 0.1) is 13.2 Å². The van der Waals surface area contributed by atoms with E-state index >= 15 is 0 Å². The van der Waals surface area contributed by atoms with Crippen molar-refractivity contribution in [3.63, 3.8) is 0 Å². The molecule has 0 aliphatic carbocycles. The summed E-state index contributed by atoms with van der Waals surface area (Å²) in [5.41, 5.74) is 0. The Morgan fingerprint density at radius 1 is 1.22 bits per heavy atom. The van der Waals surface area contributed by atoms with Gasteiger partial charge in [-0.25, -0.2) is 0 Å². The largest absolute Gasteiger partial charge is 0.465 e. The summed E-state index contributed by atoms with van der Waals surface area (Å²) in [5, 5.41) is 2.99. The van der Waals surface area contributed by atoms with Gasteiger partial charge in [0.1, 0.15) is 6.04 Å². The van der Waals surface area contributed by atoms with E-state index in [1.165, 1.54) is 6.42 Å². The van der Waals surface area contributed by atoms with Gasteiger partial charge < -0.3 is 9.64 Å². The van der Waals surface area contributed by atoms with Crippen molar-refractivity contribution < 1.29 is 14.3 Å². The lowest BCUT2D eigenvalue weighted by Gasteiger charge is -2.27. The second-order valence-electron chi connectivity index (χ2n) is 4.54. The third kappa shape index (κ3) is 4.64. The number of hydrogen-bond acceptors (Lipinski definition) is 4. The van der Waals surface area contributed by atoms with E-state index < -0.39 is 0 Å². The minimum Gasteiger partial charge on any atom is -0.465 e. The molecule has 1 unspecified atom stereocenters. The highest BCUT2D eigenvalue weighted by Crippen LogP contribution is 2.08. The number of piperidine rings is 1. The number of rotatable bonds is 6. The molecule has 1 saturated heterocycles. The molecule has 5 heteroatoms. The van der Waals surface area contributed by atoms with Crippen molar-refractivity contribution >= 4 is 11.9 Å². The van der Waals surface area contributed by atoms with Crippen molar-refractivity contribution in [1.29, 1.82) is 0 Å². The summed E-state index contributed by atoms with van der Waals surface area (Å²) in [5.74, 6) is -0.191. The van der Waals surface area contributed by atoms with Crippen LogP contribution in [0.25, 0.3) is 0 Å². The van der Waals surface area contributed by atoms with Crippen molar-refractivity contribution in [2.45, 2.75) is 45.6 Å². The second kappa shape index (κ2) is 8.08. The minimum absolute atomic E-state index is 0.0810. The first kappa shape index (κ1) is 15.0. The fourth-order valence-electron chi connectivity index (χ4n) is 2.10. The molecule has 1 aliphatic heterocycles. The number of carbonyl (C=O) groups is 2. The van der Waals surface area contributed by atoms with E-state index in [-0.39, 0.29) is 24.5 Å². The SMILES string of the molecule is CCOC(=O)C(CC)NCC(=O)N1CCCCC1. The van der Waals surface area contributed by atoms with Crippen LogP contribution in [0.1, 0.15) is 39.5 Å². The first-order valence-electron chi connectivity index (χ1n) is 6.86.